The van der Waals surface area contributed by atoms with E-state index in [4.69, 9.17) is 4.74 Å². The molecule has 0 aliphatic carbocycles. The van der Waals surface area contributed by atoms with E-state index in [9.17, 15) is 14.4 Å². The number of hydrogen-bond donors (Lipinski definition) is 4. The van der Waals surface area contributed by atoms with Gasteiger partial charge in [0.2, 0.25) is 11.8 Å². The first-order valence-electron chi connectivity index (χ1n) is 8.96. The number of methoxy groups -OCH3 is 1. The van der Waals surface area contributed by atoms with Gasteiger partial charge in [-0.25, -0.2) is 4.79 Å². The maximum Gasteiger partial charge on any atom is 0.315 e. The average Bonchev–Trinajstić information content (AvgIpc) is 2.67. The Labute approximate surface area is 158 Å². The van der Waals surface area contributed by atoms with Gasteiger partial charge in [-0.15, -0.1) is 0 Å². The van der Waals surface area contributed by atoms with Crippen molar-refractivity contribution in [3.63, 3.8) is 0 Å². The van der Waals surface area contributed by atoms with Crippen LogP contribution in [0.3, 0.4) is 0 Å². The Morgan fingerprint density at radius 1 is 1.15 bits per heavy atom. The standard InChI is InChI=1S/C18H27N5O4/c1-27-11-9-20-16(24)6-7-21-18(26)22-12-14-2-4-15(5-3-14)23-10-8-19-17(25)13-23/h2-5H,6-13H2,1H3,(H,19,25)(H,20,24)(H2,21,22,26). The Morgan fingerprint density at radius 3 is 2.63 bits per heavy atom. The minimum atomic E-state index is -0.323. The number of rotatable bonds is 9. The highest BCUT2D eigenvalue weighted by atomic mass is 16.5. The topological polar surface area (TPSA) is 112 Å². The fourth-order valence-corrected chi connectivity index (χ4v) is 2.60. The highest BCUT2D eigenvalue weighted by Crippen LogP contribution is 2.15. The first-order valence-corrected chi connectivity index (χ1v) is 8.96. The lowest BCUT2D eigenvalue weighted by Gasteiger charge is -2.28. The number of carbonyl (C=O) groups is 3. The van der Waals surface area contributed by atoms with Crippen molar-refractivity contribution in [1.29, 1.82) is 0 Å². The quantitative estimate of drug-likeness (QED) is 0.437. The molecule has 148 valence electrons. The lowest BCUT2D eigenvalue weighted by Crippen LogP contribution is -2.47. The molecule has 1 fully saturated rings. The molecular formula is C18H27N5O4. The number of amides is 4. The average molecular weight is 377 g/mol. The normalized spacial score (nSPS) is 13.7. The van der Waals surface area contributed by atoms with E-state index in [0.29, 0.717) is 32.8 Å². The number of nitrogens with one attached hydrogen (secondary N) is 4. The van der Waals surface area contributed by atoms with Crippen LogP contribution in [0.15, 0.2) is 24.3 Å². The summed E-state index contributed by atoms with van der Waals surface area (Å²) in [5.74, 6) is -0.106. The van der Waals surface area contributed by atoms with Crippen molar-refractivity contribution in [2.24, 2.45) is 0 Å². The van der Waals surface area contributed by atoms with Crippen molar-refractivity contribution in [1.82, 2.24) is 21.3 Å². The van der Waals surface area contributed by atoms with E-state index in [1.165, 1.54) is 0 Å². The van der Waals surface area contributed by atoms with Gasteiger partial charge in [0.15, 0.2) is 0 Å². The Morgan fingerprint density at radius 2 is 1.93 bits per heavy atom. The van der Waals surface area contributed by atoms with Crippen LogP contribution in [0, 0.1) is 0 Å². The molecule has 0 atom stereocenters. The van der Waals surface area contributed by atoms with Crippen LogP contribution >= 0.6 is 0 Å². The number of ether oxygens (including phenoxy) is 1. The van der Waals surface area contributed by atoms with Crippen LogP contribution in [-0.2, 0) is 20.9 Å². The summed E-state index contributed by atoms with van der Waals surface area (Å²) in [6.07, 6.45) is 0.218. The van der Waals surface area contributed by atoms with Gasteiger partial charge in [-0.3, -0.25) is 9.59 Å². The maximum absolute atomic E-state index is 11.8. The summed E-state index contributed by atoms with van der Waals surface area (Å²) >= 11 is 0. The van der Waals surface area contributed by atoms with Crippen LogP contribution in [0.1, 0.15) is 12.0 Å². The van der Waals surface area contributed by atoms with Crippen LogP contribution in [0.2, 0.25) is 0 Å². The van der Waals surface area contributed by atoms with Gasteiger partial charge in [-0.2, -0.15) is 0 Å². The molecule has 0 spiro atoms. The summed E-state index contributed by atoms with van der Waals surface area (Å²) < 4.78 is 4.84. The minimum Gasteiger partial charge on any atom is -0.383 e. The first kappa shape index (κ1) is 20.5. The van der Waals surface area contributed by atoms with Crippen molar-refractivity contribution in [3.05, 3.63) is 29.8 Å². The van der Waals surface area contributed by atoms with Crippen molar-refractivity contribution in [2.45, 2.75) is 13.0 Å². The summed E-state index contributed by atoms with van der Waals surface area (Å²) in [5, 5.41) is 10.9. The molecule has 0 saturated carbocycles. The molecule has 1 aromatic rings. The lowest BCUT2D eigenvalue weighted by atomic mass is 10.2. The van der Waals surface area contributed by atoms with Crippen LogP contribution < -0.4 is 26.2 Å². The predicted molar refractivity (Wildman–Crippen MR) is 101 cm³/mol. The summed E-state index contributed by atoms with van der Waals surface area (Å²) in [7, 11) is 1.57. The third-order valence-electron chi connectivity index (χ3n) is 4.06. The molecule has 0 radical (unpaired) electrons. The number of anilines is 1. The van der Waals surface area contributed by atoms with Gasteiger partial charge in [0.05, 0.1) is 13.2 Å². The maximum atomic E-state index is 11.8. The molecule has 9 nitrogen and oxygen atoms in total. The number of urea groups is 1. The molecule has 4 N–H and O–H groups in total. The molecule has 1 heterocycles. The van der Waals surface area contributed by atoms with Gasteiger partial charge in [0, 0.05) is 51.9 Å². The van der Waals surface area contributed by atoms with Gasteiger partial charge >= 0.3 is 6.03 Å². The molecule has 1 aliphatic heterocycles. The van der Waals surface area contributed by atoms with Crippen molar-refractivity contribution < 1.29 is 19.1 Å². The molecule has 27 heavy (non-hydrogen) atoms. The van der Waals surface area contributed by atoms with Gasteiger partial charge in [0.1, 0.15) is 0 Å². The van der Waals surface area contributed by atoms with Gasteiger partial charge in [-0.05, 0) is 17.7 Å². The summed E-state index contributed by atoms with van der Waals surface area (Å²) in [6, 6.07) is 7.41. The van der Waals surface area contributed by atoms with E-state index < -0.39 is 0 Å². The Kier molecular flexibility index (Phi) is 8.37. The zero-order valence-electron chi connectivity index (χ0n) is 15.5. The van der Waals surface area contributed by atoms with E-state index in [2.05, 4.69) is 21.3 Å². The van der Waals surface area contributed by atoms with Crippen LogP contribution in [0.5, 0.6) is 0 Å². The third-order valence-corrected chi connectivity index (χ3v) is 4.06. The molecule has 0 aromatic heterocycles. The Bertz CT molecular complexity index is 635. The zero-order valence-corrected chi connectivity index (χ0v) is 15.5. The SMILES string of the molecule is COCCNC(=O)CCNC(=O)NCc1ccc(N2CCNC(=O)C2)cc1. The number of benzene rings is 1. The Balaban J connectivity index is 1.65. The second-order valence-corrected chi connectivity index (χ2v) is 6.14. The smallest absolute Gasteiger partial charge is 0.315 e. The molecule has 1 aromatic carbocycles. The van der Waals surface area contributed by atoms with Gasteiger partial charge in [0.25, 0.3) is 0 Å². The van der Waals surface area contributed by atoms with Crippen LogP contribution in [0.25, 0.3) is 0 Å². The molecule has 0 unspecified atom stereocenters. The molecule has 9 heteroatoms. The minimum absolute atomic E-state index is 0.0241. The fraction of sp³-hybridized carbons (Fsp3) is 0.500. The molecule has 1 aliphatic rings. The Hall–Kier alpha value is -2.81. The van der Waals surface area contributed by atoms with Gasteiger partial charge in [-0.1, -0.05) is 12.1 Å². The summed E-state index contributed by atoms with van der Waals surface area (Å²) in [6.45, 7) is 3.35. The number of carbonyl (C=O) groups excluding carboxylic acids is 3. The molecule has 4 amide bonds. The van der Waals surface area contributed by atoms with Gasteiger partial charge < -0.3 is 30.9 Å². The van der Waals surface area contributed by atoms with Crippen LogP contribution in [0.4, 0.5) is 10.5 Å². The number of piperazine rings is 1. The number of nitrogens with zero attached hydrogens (tertiary/aromatic N) is 1. The lowest BCUT2D eigenvalue weighted by molar-refractivity contribution is -0.121. The second-order valence-electron chi connectivity index (χ2n) is 6.14. The fourth-order valence-electron chi connectivity index (χ4n) is 2.60. The van der Waals surface area contributed by atoms with E-state index in [-0.39, 0.29) is 30.8 Å². The largest absolute Gasteiger partial charge is 0.383 e. The predicted octanol–water partition coefficient (Wildman–Crippen LogP) is -0.425. The summed E-state index contributed by atoms with van der Waals surface area (Å²) in [4.78, 5) is 36.7. The summed E-state index contributed by atoms with van der Waals surface area (Å²) in [5.41, 5.74) is 1.94. The van der Waals surface area contributed by atoms with Crippen LogP contribution in [-0.4, -0.2) is 64.3 Å². The van der Waals surface area contributed by atoms with E-state index >= 15 is 0 Å². The van der Waals surface area contributed by atoms with Crippen molar-refractivity contribution in [2.75, 3.05) is 51.3 Å². The van der Waals surface area contributed by atoms with E-state index in [0.717, 1.165) is 17.8 Å². The molecule has 0 bridgehead atoms. The highest BCUT2D eigenvalue weighted by Gasteiger charge is 2.16. The second kappa shape index (κ2) is 11.0. The third kappa shape index (κ3) is 7.53. The first-order chi connectivity index (χ1) is 13.1. The monoisotopic (exact) mass is 377 g/mol. The highest BCUT2D eigenvalue weighted by molar-refractivity contribution is 5.82. The molecular weight excluding hydrogens is 350 g/mol. The van der Waals surface area contributed by atoms with Crippen molar-refractivity contribution >= 4 is 23.5 Å². The van der Waals surface area contributed by atoms with E-state index in [1.54, 1.807) is 7.11 Å². The van der Waals surface area contributed by atoms with Crippen molar-refractivity contribution in [3.8, 4) is 0 Å². The van der Waals surface area contributed by atoms with E-state index in [1.807, 2.05) is 29.2 Å². The number of hydrogen-bond acceptors (Lipinski definition) is 5. The zero-order chi connectivity index (χ0) is 19.5. The molecule has 1 saturated heterocycles. The molecule has 2 rings (SSSR count).